The van der Waals surface area contributed by atoms with Crippen molar-refractivity contribution in [1.29, 1.82) is 0 Å². The van der Waals surface area contributed by atoms with E-state index in [1.54, 1.807) is 7.11 Å². The number of rotatable bonds is 8. The van der Waals surface area contributed by atoms with Crippen LogP contribution in [-0.4, -0.2) is 56.2 Å². The largest absolute Gasteiger partial charge is 0.497 e. The number of hydrogen-bond acceptors (Lipinski definition) is 3. The van der Waals surface area contributed by atoms with Crippen LogP contribution in [0.1, 0.15) is 51.0 Å². The lowest BCUT2D eigenvalue weighted by Gasteiger charge is -2.34. The Balaban J connectivity index is 1.33. The SMILES string of the molecule is CCN1CCC(CCCN2CCC(Cc3cc(OC)ccc3Br)CC2)CC1. The number of benzene rings is 1. The summed E-state index contributed by atoms with van der Waals surface area (Å²) in [6.45, 7) is 10.0. The summed E-state index contributed by atoms with van der Waals surface area (Å²) >= 11 is 3.71. The van der Waals surface area contributed by atoms with Crippen molar-refractivity contribution < 1.29 is 4.74 Å². The Bertz CT molecular complexity index is 563. The van der Waals surface area contributed by atoms with E-state index in [-0.39, 0.29) is 0 Å². The van der Waals surface area contributed by atoms with Crippen molar-refractivity contribution in [1.82, 2.24) is 9.80 Å². The number of halogens is 1. The Hall–Kier alpha value is -0.580. The maximum Gasteiger partial charge on any atom is 0.119 e. The third kappa shape index (κ3) is 6.47. The van der Waals surface area contributed by atoms with E-state index >= 15 is 0 Å². The molecule has 0 atom stereocenters. The standard InChI is InChI=1S/C23H37BrN2O/c1-3-25-13-8-19(9-14-25)5-4-12-26-15-10-20(11-16-26)17-21-18-22(27-2)6-7-23(21)24/h6-7,18-20H,3-5,8-17H2,1-2H3. The normalized spacial score (nSPS) is 20.9. The first-order valence-electron chi connectivity index (χ1n) is 10.9. The van der Waals surface area contributed by atoms with E-state index in [9.17, 15) is 0 Å². The monoisotopic (exact) mass is 436 g/mol. The number of nitrogens with zero attached hydrogens (tertiary/aromatic N) is 2. The van der Waals surface area contributed by atoms with E-state index < -0.39 is 0 Å². The van der Waals surface area contributed by atoms with Crippen molar-refractivity contribution in [2.24, 2.45) is 11.8 Å². The summed E-state index contributed by atoms with van der Waals surface area (Å²) in [6.07, 6.45) is 9.51. The van der Waals surface area contributed by atoms with Crippen molar-refractivity contribution >= 4 is 15.9 Å². The molecule has 2 fully saturated rings. The highest BCUT2D eigenvalue weighted by Crippen LogP contribution is 2.29. The summed E-state index contributed by atoms with van der Waals surface area (Å²) in [5.74, 6) is 2.76. The van der Waals surface area contributed by atoms with Gasteiger partial charge in [0.15, 0.2) is 0 Å². The van der Waals surface area contributed by atoms with E-state index in [1.165, 1.54) is 94.3 Å². The average Bonchev–Trinajstić information content (AvgIpc) is 2.71. The molecule has 0 aromatic heterocycles. The zero-order valence-electron chi connectivity index (χ0n) is 17.3. The molecular formula is C23H37BrN2O. The molecule has 0 radical (unpaired) electrons. The fourth-order valence-corrected chi connectivity index (χ4v) is 5.16. The third-order valence-electron chi connectivity index (χ3n) is 6.71. The molecule has 1 aromatic carbocycles. The lowest BCUT2D eigenvalue weighted by Crippen LogP contribution is -2.36. The second-order valence-corrected chi connectivity index (χ2v) is 9.32. The topological polar surface area (TPSA) is 15.7 Å². The molecule has 0 saturated carbocycles. The summed E-state index contributed by atoms with van der Waals surface area (Å²) in [5.41, 5.74) is 1.39. The molecule has 2 aliphatic heterocycles. The third-order valence-corrected chi connectivity index (χ3v) is 7.48. The van der Waals surface area contributed by atoms with Crippen LogP contribution >= 0.6 is 15.9 Å². The predicted octanol–water partition coefficient (Wildman–Crippen LogP) is 5.22. The second kappa shape index (κ2) is 10.8. The van der Waals surface area contributed by atoms with Gasteiger partial charge >= 0.3 is 0 Å². The Kier molecular flexibility index (Phi) is 8.47. The second-order valence-electron chi connectivity index (χ2n) is 8.47. The van der Waals surface area contributed by atoms with Crippen molar-refractivity contribution in [3.05, 3.63) is 28.2 Å². The quantitative estimate of drug-likeness (QED) is 0.554. The molecule has 2 heterocycles. The molecule has 0 amide bonds. The van der Waals surface area contributed by atoms with Crippen LogP contribution in [0.25, 0.3) is 0 Å². The molecule has 152 valence electrons. The van der Waals surface area contributed by atoms with Gasteiger partial charge in [0.2, 0.25) is 0 Å². The first kappa shape index (κ1) is 21.1. The maximum absolute atomic E-state index is 5.39. The van der Waals surface area contributed by atoms with Crippen LogP contribution < -0.4 is 4.74 Å². The Morgan fingerprint density at radius 2 is 1.67 bits per heavy atom. The highest BCUT2D eigenvalue weighted by molar-refractivity contribution is 9.10. The van der Waals surface area contributed by atoms with Gasteiger partial charge in [-0.3, -0.25) is 0 Å². The molecular weight excluding hydrogens is 400 g/mol. The van der Waals surface area contributed by atoms with Gasteiger partial charge in [0.25, 0.3) is 0 Å². The zero-order valence-corrected chi connectivity index (χ0v) is 18.8. The van der Waals surface area contributed by atoms with Gasteiger partial charge in [-0.05, 0) is 120 Å². The van der Waals surface area contributed by atoms with E-state index in [0.29, 0.717) is 0 Å². The number of piperidine rings is 2. The van der Waals surface area contributed by atoms with E-state index in [0.717, 1.165) is 17.6 Å². The molecule has 0 N–H and O–H groups in total. The number of methoxy groups -OCH3 is 1. The molecule has 1 aromatic rings. The fourth-order valence-electron chi connectivity index (χ4n) is 4.75. The van der Waals surface area contributed by atoms with Crippen molar-refractivity contribution in [2.45, 2.75) is 51.9 Å². The number of ether oxygens (including phenoxy) is 1. The van der Waals surface area contributed by atoms with Crippen LogP contribution in [0.4, 0.5) is 0 Å². The molecule has 2 aliphatic rings. The molecule has 2 saturated heterocycles. The van der Waals surface area contributed by atoms with Gasteiger partial charge in [-0.25, -0.2) is 0 Å². The minimum atomic E-state index is 0.808. The molecule has 3 nitrogen and oxygen atoms in total. The van der Waals surface area contributed by atoms with Gasteiger partial charge in [0, 0.05) is 4.47 Å². The van der Waals surface area contributed by atoms with Gasteiger partial charge < -0.3 is 14.5 Å². The Morgan fingerprint density at radius 1 is 1.00 bits per heavy atom. The molecule has 0 aliphatic carbocycles. The highest BCUT2D eigenvalue weighted by Gasteiger charge is 2.21. The zero-order chi connectivity index (χ0) is 19.1. The van der Waals surface area contributed by atoms with Crippen LogP contribution in [0.3, 0.4) is 0 Å². The molecule has 0 bridgehead atoms. The summed E-state index contributed by atoms with van der Waals surface area (Å²) in [7, 11) is 1.75. The van der Waals surface area contributed by atoms with Gasteiger partial charge in [0.1, 0.15) is 5.75 Å². The van der Waals surface area contributed by atoms with Crippen LogP contribution in [0.15, 0.2) is 22.7 Å². The van der Waals surface area contributed by atoms with Gasteiger partial charge in [-0.15, -0.1) is 0 Å². The Labute approximate surface area is 174 Å². The van der Waals surface area contributed by atoms with Crippen molar-refractivity contribution in [3.8, 4) is 5.75 Å². The smallest absolute Gasteiger partial charge is 0.119 e. The van der Waals surface area contributed by atoms with Crippen LogP contribution in [0.2, 0.25) is 0 Å². The summed E-state index contributed by atoms with van der Waals surface area (Å²) in [5, 5.41) is 0. The molecule has 27 heavy (non-hydrogen) atoms. The first-order chi connectivity index (χ1) is 13.2. The van der Waals surface area contributed by atoms with E-state index in [2.05, 4.69) is 44.8 Å². The van der Waals surface area contributed by atoms with Crippen molar-refractivity contribution in [2.75, 3.05) is 46.4 Å². The highest BCUT2D eigenvalue weighted by atomic mass is 79.9. The first-order valence-corrected chi connectivity index (χ1v) is 11.7. The fraction of sp³-hybridized carbons (Fsp3) is 0.739. The minimum Gasteiger partial charge on any atom is -0.497 e. The summed E-state index contributed by atoms with van der Waals surface area (Å²) < 4.78 is 6.61. The predicted molar refractivity (Wildman–Crippen MR) is 118 cm³/mol. The number of hydrogen-bond donors (Lipinski definition) is 0. The lowest BCUT2D eigenvalue weighted by molar-refractivity contribution is 0.161. The van der Waals surface area contributed by atoms with Crippen LogP contribution in [0, 0.1) is 11.8 Å². The van der Waals surface area contributed by atoms with Gasteiger partial charge in [0.05, 0.1) is 7.11 Å². The van der Waals surface area contributed by atoms with Gasteiger partial charge in [-0.2, -0.15) is 0 Å². The van der Waals surface area contributed by atoms with E-state index in [1.807, 2.05) is 6.07 Å². The molecule has 0 unspecified atom stereocenters. The average molecular weight is 437 g/mol. The molecule has 3 rings (SSSR count). The number of likely N-dealkylation sites (tertiary alicyclic amines) is 2. The van der Waals surface area contributed by atoms with E-state index in [4.69, 9.17) is 4.74 Å². The summed E-state index contributed by atoms with van der Waals surface area (Å²) in [6, 6.07) is 6.34. The molecule has 0 spiro atoms. The molecule has 4 heteroatoms. The van der Waals surface area contributed by atoms with Gasteiger partial charge in [-0.1, -0.05) is 22.9 Å². The lowest BCUT2D eigenvalue weighted by atomic mass is 9.89. The minimum absolute atomic E-state index is 0.808. The Morgan fingerprint density at radius 3 is 2.33 bits per heavy atom. The van der Waals surface area contributed by atoms with Crippen LogP contribution in [0.5, 0.6) is 5.75 Å². The van der Waals surface area contributed by atoms with Crippen molar-refractivity contribution in [3.63, 3.8) is 0 Å². The summed E-state index contributed by atoms with van der Waals surface area (Å²) in [4.78, 5) is 5.31. The maximum atomic E-state index is 5.39. The van der Waals surface area contributed by atoms with Crippen LogP contribution in [-0.2, 0) is 6.42 Å².